The van der Waals surface area contributed by atoms with E-state index in [9.17, 15) is 4.79 Å². The van der Waals surface area contributed by atoms with Gasteiger partial charge in [0.25, 0.3) is 0 Å². The van der Waals surface area contributed by atoms with Crippen LogP contribution in [0.1, 0.15) is 65.2 Å². The number of piperidine rings is 1. The number of amides is 1. The number of hydrogen-bond donors (Lipinski definition) is 0. The van der Waals surface area contributed by atoms with Gasteiger partial charge >= 0.3 is 0 Å². The van der Waals surface area contributed by atoms with E-state index in [1.807, 2.05) is 0 Å². The lowest BCUT2D eigenvalue weighted by molar-refractivity contribution is -0.168. The van der Waals surface area contributed by atoms with Gasteiger partial charge in [0.1, 0.15) is 0 Å². The van der Waals surface area contributed by atoms with Crippen LogP contribution in [-0.4, -0.2) is 47.9 Å². The molecule has 2 heterocycles. The zero-order chi connectivity index (χ0) is 14.9. The molecule has 1 saturated carbocycles. The molecule has 3 nitrogen and oxygen atoms in total. The number of β-lactam (4-membered cyclic amide) rings is 1. The summed E-state index contributed by atoms with van der Waals surface area (Å²) in [7, 11) is 0. The van der Waals surface area contributed by atoms with Crippen LogP contribution in [0.4, 0.5) is 0 Å². The van der Waals surface area contributed by atoms with Gasteiger partial charge in [0.15, 0.2) is 0 Å². The predicted octanol–water partition coefficient (Wildman–Crippen LogP) is 3.29. The van der Waals surface area contributed by atoms with Crippen molar-refractivity contribution in [1.82, 2.24) is 9.80 Å². The van der Waals surface area contributed by atoms with Crippen molar-refractivity contribution in [2.24, 2.45) is 11.3 Å². The smallest absolute Gasteiger partial charge is 0.231 e. The summed E-state index contributed by atoms with van der Waals surface area (Å²) in [4.78, 5) is 17.5. The van der Waals surface area contributed by atoms with E-state index in [-0.39, 0.29) is 5.41 Å². The van der Waals surface area contributed by atoms with Crippen LogP contribution in [-0.2, 0) is 4.79 Å². The number of carbonyl (C=O) groups excluding carboxylic acids is 1. The number of nitrogens with zero attached hydrogens (tertiary/aromatic N) is 2. The molecule has 0 aromatic rings. The molecule has 2 aliphatic heterocycles. The first-order chi connectivity index (χ1) is 10.1. The number of hydrogen-bond acceptors (Lipinski definition) is 2. The topological polar surface area (TPSA) is 23.6 Å². The highest BCUT2D eigenvalue weighted by Crippen LogP contribution is 2.42. The van der Waals surface area contributed by atoms with Crippen LogP contribution in [0.25, 0.3) is 0 Å². The normalized spacial score (nSPS) is 33.2. The fourth-order valence-electron chi connectivity index (χ4n) is 4.68. The Morgan fingerprint density at radius 1 is 1.19 bits per heavy atom. The standard InChI is InChI=1S/C18H32N2O/c1-3-15(2)19-11-7-10-18(13-19)14-20(17(18)21)12-16-8-5-4-6-9-16/h15-16H,3-14H2,1-2H3. The predicted molar refractivity (Wildman–Crippen MR) is 86.1 cm³/mol. The minimum absolute atomic E-state index is 0.00362. The molecule has 120 valence electrons. The summed E-state index contributed by atoms with van der Waals surface area (Å²) in [6.45, 7) is 8.85. The molecule has 3 fully saturated rings. The molecule has 21 heavy (non-hydrogen) atoms. The van der Waals surface area contributed by atoms with Gasteiger partial charge in [0.05, 0.1) is 5.41 Å². The van der Waals surface area contributed by atoms with Crippen molar-refractivity contribution in [3.63, 3.8) is 0 Å². The van der Waals surface area contributed by atoms with Gasteiger partial charge in [-0.05, 0) is 51.5 Å². The molecule has 0 aromatic heterocycles. The Morgan fingerprint density at radius 3 is 2.62 bits per heavy atom. The van der Waals surface area contributed by atoms with Crippen molar-refractivity contribution < 1.29 is 4.79 Å². The highest BCUT2D eigenvalue weighted by molar-refractivity contribution is 5.89. The zero-order valence-electron chi connectivity index (χ0n) is 13.9. The molecule has 0 bridgehead atoms. The molecule has 3 aliphatic rings. The second-order valence-corrected chi connectivity index (χ2v) is 7.80. The van der Waals surface area contributed by atoms with E-state index < -0.39 is 0 Å². The Morgan fingerprint density at radius 2 is 1.95 bits per heavy atom. The summed E-state index contributed by atoms with van der Waals surface area (Å²) >= 11 is 0. The fraction of sp³-hybridized carbons (Fsp3) is 0.944. The lowest BCUT2D eigenvalue weighted by Gasteiger charge is -2.55. The zero-order valence-corrected chi connectivity index (χ0v) is 13.9. The van der Waals surface area contributed by atoms with E-state index in [0.717, 1.165) is 32.0 Å². The van der Waals surface area contributed by atoms with E-state index in [1.165, 1.54) is 51.5 Å². The monoisotopic (exact) mass is 292 g/mol. The Labute approximate surface area is 130 Å². The van der Waals surface area contributed by atoms with Gasteiger partial charge in [-0.3, -0.25) is 9.69 Å². The maximum Gasteiger partial charge on any atom is 0.231 e. The third-order valence-corrected chi connectivity index (χ3v) is 6.26. The minimum Gasteiger partial charge on any atom is -0.341 e. The van der Waals surface area contributed by atoms with Crippen molar-refractivity contribution in [3.8, 4) is 0 Å². The first-order valence-corrected chi connectivity index (χ1v) is 9.18. The van der Waals surface area contributed by atoms with Crippen LogP contribution in [0, 0.1) is 11.3 Å². The van der Waals surface area contributed by atoms with Gasteiger partial charge in [-0.1, -0.05) is 26.2 Å². The molecular weight excluding hydrogens is 260 g/mol. The summed E-state index contributed by atoms with van der Waals surface area (Å²) < 4.78 is 0. The maximum atomic E-state index is 12.8. The number of rotatable bonds is 4. The van der Waals surface area contributed by atoms with Gasteiger partial charge in [0.2, 0.25) is 5.91 Å². The molecule has 1 aliphatic carbocycles. The maximum absolute atomic E-state index is 12.8. The Balaban J connectivity index is 1.54. The first-order valence-electron chi connectivity index (χ1n) is 9.18. The molecular formula is C18H32N2O. The average Bonchev–Trinajstić information content (AvgIpc) is 2.54. The largest absolute Gasteiger partial charge is 0.341 e. The fourth-order valence-corrected chi connectivity index (χ4v) is 4.68. The highest BCUT2D eigenvalue weighted by Gasteiger charge is 2.54. The van der Waals surface area contributed by atoms with Crippen molar-refractivity contribution >= 4 is 5.91 Å². The summed E-state index contributed by atoms with van der Waals surface area (Å²) in [6.07, 6.45) is 10.4. The Hall–Kier alpha value is -0.570. The van der Waals surface area contributed by atoms with E-state index in [4.69, 9.17) is 0 Å². The number of likely N-dealkylation sites (tertiary alicyclic amines) is 2. The summed E-state index contributed by atoms with van der Waals surface area (Å²) in [6, 6.07) is 0.627. The van der Waals surface area contributed by atoms with Gasteiger partial charge in [0, 0.05) is 25.7 Å². The molecule has 3 rings (SSSR count). The highest BCUT2D eigenvalue weighted by atomic mass is 16.2. The molecule has 0 N–H and O–H groups in total. The second kappa shape index (κ2) is 6.28. The lowest BCUT2D eigenvalue weighted by atomic mass is 9.71. The summed E-state index contributed by atoms with van der Waals surface area (Å²) in [5, 5.41) is 0. The van der Waals surface area contributed by atoms with Crippen molar-refractivity contribution in [1.29, 1.82) is 0 Å². The summed E-state index contributed by atoms with van der Waals surface area (Å²) in [5.41, 5.74) is -0.00362. The molecule has 3 heteroatoms. The molecule has 1 amide bonds. The third-order valence-electron chi connectivity index (χ3n) is 6.26. The molecule has 0 aromatic carbocycles. The molecule has 1 spiro atoms. The SMILES string of the molecule is CCC(C)N1CCCC2(CN(CC3CCCCC3)C2=O)C1. The molecule has 0 radical (unpaired) electrons. The van der Waals surface area contributed by atoms with Crippen molar-refractivity contribution in [2.45, 2.75) is 71.3 Å². The van der Waals surface area contributed by atoms with Crippen LogP contribution in [0.5, 0.6) is 0 Å². The van der Waals surface area contributed by atoms with E-state index in [2.05, 4.69) is 23.6 Å². The number of carbonyl (C=O) groups is 1. The van der Waals surface area contributed by atoms with Crippen molar-refractivity contribution in [3.05, 3.63) is 0 Å². The molecule has 2 atom stereocenters. The van der Waals surface area contributed by atoms with E-state index in [1.54, 1.807) is 0 Å². The Kier molecular flexibility index (Phi) is 4.58. The quantitative estimate of drug-likeness (QED) is 0.742. The minimum atomic E-state index is -0.00362. The van der Waals surface area contributed by atoms with Crippen LogP contribution in [0.3, 0.4) is 0 Å². The Bertz CT molecular complexity index is 377. The van der Waals surface area contributed by atoms with E-state index >= 15 is 0 Å². The van der Waals surface area contributed by atoms with Crippen LogP contribution in [0.15, 0.2) is 0 Å². The third kappa shape index (κ3) is 2.99. The molecule has 2 saturated heterocycles. The van der Waals surface area contributed by atoms with Crippen LogP contribution >= 0.6 is 0 Å². The first kappa shape index (κ1) is 15.3. The summed E-state index contributed by atoms with van der Waals surface area (Å²) in [5.74, 6) is 1.26. The second-order valence-electron chi connectivity index (χ2n) is 7.80. The van der Waals surface area contributed by atoms with Gasteiger partial charge in [-0.25, -0.2) is 0 Å². The van der Waals surface area contributed by atoms with E-state index in [0.29, 0.717) is 11.9 Å². The molecule has 2 unspecified atom stereocenters. The van der Waals surface area contributed by atoms with Gasteiger partial charge in [-0.15, -0.1) is 0 Å². The average molecular weight is 292 g/mol. The van der Waals surface area contributed by atoms with Gasteiger partial charge in [-0.2, -0.15) is 0 Å². The van der Waals surface area contributed by atoms with Gasteiger partial charge < -0.3 is 4.90 Å². The van der Waals surface area contributed by atoms with Crippen LogP contribution < -0.4 is 0 Å². The van der Waals surface area contributed by atoms with Crippen molar-refractivity contribution in [2.75, 3.05) is 26.2 Å². The van der Waals surface area contributed by atoms with Crippen LogP contribution in [0.2, 0.25) is 0 Å². The lowest BCUT2D eigenvalue weighted by Crippen LogP contribution is -2.68.